The molecule has 1 atom stereocenters. The molecule has 3 rings (SSSR count). The number of furan rings is 1. The number of nitrogens with one attached hydrogen (secondary N) is 2. The summed E-state index contributed by atoms with van der Waals surface area (Å²) in [6.07, 6.45) is 4.46. The minimum absolute atomic E-state index is 0.0187. The van der Waals surface area contributed by atoms with E-state index < -0.39 is 0 Å². The second-order valence-electron chi connectivity index (χ2n) is 6.77. The van der Waals surface area contributed by atoms with Crippen molar-refractivity contribution in [3.63, 3.8) is 0 Å². The largest absolute Gasteiger partial charge is 0.472 e. The highest BCUT2D eigenvalue weighted by atomic mass is 16.3. The molecule has 1 aliphatic heterocycles. The van der Waals surface area contributed by atoms with Gasteiger partial charge in [0.25, 0.3) is 5.91 Å². The van der Waals surface area contributed by atoms with E-state index >= 15 is 0 Å². The zero-order valence-electron chi connectivity index (χ0n) is 15.2. The van der Waals surface area contributed by atoms with Gasteiger partial charge in [0.1, 0.15) is 6.26 Å². The van der Waals surface area contributed by atoms with Gasteiger partial charge in [-0.2, -0.15) is 0 Å². The Morgan fingerprint density at radius 3 is 2.58 bits per heavy atom. The molecule has 2 aromatic rings. The van der Waals surface area contributed by atoms with Crippen molar-refractivity contribution >= 4 is 11.9 Å². The molecule has 138 valence electrons. The first kappa shape index (κ1) is 18.0. The van der Waals surface area contributed by atoms with Gasteiger partial charge in [-0.15, -0.1) is 0 Å². The first-order valence-corrected chi connectivity index (χ1v) is 8.98. The van der Waals surface area contributed by atoms with Crippen LogP contribution in [0, 0.1) is 6.92 Å². The quantitative estimate of drug-likeness (QED) is 0.884. The second kappa shape index (κ2) is 8.08. The van der Waals surface area contributed by atoms with E-state index in [1.807, 2.05) is 38.1 Å². The number of aryl methyl sites for hydroxylation is 1. The number of likely N-dealkylation sites (tertiary alicyclic amines) is 1. The van der Waals surface area contributed by atoms with Crippen LogP contribution in [0.5, 0.6) is 0 Å². The lowest BCUT2D eigenvalue weighted by Gasteiger charge is -2.32. The van der Waals surface area contributed by atoms with Crippen LogP contribution in [-0.2, 0) is 0 Å². The summed E-state index contributed by atoms with van der Waals surface area (Å²) in [5.41, 5.74) is 2.84. The summed E-state index contributed by atoms with van der Waals surface area (Å²) in [4.78, 5) is 26.4. The van der Waals surface area contributed by atoms with E-state index in [2.05, 4.69) is 10.6 Å². The average molecular weight is 355 g/mol. The third-order valence-corrected chi connectivity index (χ3v) is 4.89. The number of hydrogen-bond acceptors (Lipinski definition) is 3. The van der Waals surface area contributed by atoms with Gasteiger partial charge in [0, 0.05) is 19.1 Å². The maximum atomic E-state index is 12.3. The second-order valence-corrected chi connectivity index (χ2v) is 6.77. The number of amides is 3. The topological polar surface area (TPSA) is 74.6 Å². The highest BCUT2D eigenvalue weighted by Crippen LogP contribution is 2.17. The van der Waals surface area contributed by atoms with Crippen molar-refractivity contribution in [2.75, 3.05) is 13.1 Å². The van der Waals surface area contributed by atoms with E-state index in [-0.39, 0.29) is 24.0 Å². The molecule has 2 N–H and O–H groups in total. The molecular weight excluding hydrogens is 330 g/mol. The van der Waals surface area contributed by atoms with Gasteiger partial charge in [-0.3, -0.25) is 4.79 Å². The third-order valence-electron chi connectivity index (χ3n) is 4.89. The summed E-state index contributed by atoms with van der Waals surface area (Å²) >= 11 is 0. The van der Waals surface area contributed by atoms with Gasteiger partial charge in [0.05, 0.1) is 17.9 Å². The molecule has 1 aliphatic rings. The fourth-order valence-electron chi connectivity index (χ4n) is 3.37. The van der Waals surface area contributed by atoms with Gasteiger partial charge < -0.3 is 20.0 Å². The Hall–Kier alpha value is -2.76. The number of rotatable bonds is 4. The zero-order chi connectivity index (χ0) is 18.5. The molecule has 1 aromatic carbocycles. The van der Waals surface area contributed by atoms with Crippen LogP contribution in [-0.4, -0.2) is 36.0 Å². The Kier molecular flexibility index (Phi) is 5.61. The Bertz CT molecular complexity index is 749. The van der Waals surface area contributed by atoms with Crippen molar-refractivity contribution in [3.05, 3.63) is 59.5 Å². The summed E-state index contributed by atoms with van der Waals surface area (Å²) in [5, 5.41) is 6.02. The van der Waals surface area contributed by atoms with Crippen LogP contribution in [0.1, 0.15) is 47.3 Å². The molecule has 0 spiro atoms. The van der Waals surface area contributed by atoms with Gasteiger partial charge in [-0.05, 0) is 43.9 Å². The van der Waals surface area contributed by atoms with Crippen LogP contribution in [0.15, 0.2) is 47.3 Å². The molecule has 1 aromatic heterocycles. The van der Waals surface area contributed by atoms with E-state index in [0.717, 1.165) is 24.0 Å². The molecule has 0 aliphatic carbocycles. The maximum absolute atomic E-state index is 12.3. The lowest BCUT2D eigenvalue weighted by Crippen LogP contribution is -2.49. The van der Waals surface area contributed by atoms with Crippen LogP contribution in [0.4, 0.5) is 4.79 Å². The zero-order valence-corrected chi connectivity index (χ0v) is 15.2. The minimum atomic E-state index is -0.166. The van der Waals surface area contributed by atoms with E-state index in [1.54, 1.807) is 11.0 Å². The summed E-state index contributed by atoms with van der Waals surface area (Å²) in [6, 6.07) is 9.56. The van der Waals surface area contributed by atoms with Crippen molar-refractivity contribution in [2.24, 2.45) is 0 Å². The fourth-order valence-corrected chi connectivity index (χ4v) is 3.37. The van der Waals surface area contributed by atoms with Crippen molar-refractivity contribution < 1.29 is 14.0 Å². The van der Waals surface area contributed by atoms with Gasteiger partial charge in [0.15, 0.2) is 0 Å². The average Bonchev–Trinajstić information content (AvgIpc) is 3.16. The smallest absolute Gasteiger partial charge is 0.315 e. The lowest BCUT2D eigenvalue weighted by molar-refractivity contribution is 0.0707. The lowest BCUT2D eigenvalue weighted by atomic mass is 10.0. The molecule has 1 unspecified atom stereocenters. The normalized spacial score (nSPS) is 16.2. The highest BCUT2D eigenvalue weighted by molar-refractivity contribution is 5.93. The van der Waals surface area contributed by atoms with Crippen LogP contribution >= 0.6 is 0 Å². The van der Waals surface area contributed by atoms with E-state index in [4.69, 9.17) is 4.42 Å². The molecule has 6 nitrogen and oxygen atoms in total. The molecule has 0 saturated carbocycles. The first-order valence-electron chi connectivity index (χ1n) is 8.98. The maximum Gasteiger partial charge on any atom is 0.315 e. The Balaban J connectivity index is 1.46. The van der Waals surface area contributed by atoms with Crippen molar-refractivity contribution in [3.8, 4) is 0 Å². The predicted octanol–water partition coefficient (Wildman–Crippen LogP) is 3.25. The van der Waals surface area contributed by atoms with E-state index in [1.165, 1.54) is 12.5 Å². The summed E-state index contributed by atoms with van der Waals surface area (Å²) in [5.74, 6) is -0.0187. The number of carbonyl (C=O) groups is 2. The molecule has 1 saturated heterocycles. The van der Waals surface area contributed by atoms with E-state index in [9.17, 15) is 9.59 Å². The molecule has 0 radical (unpaired) electrons. The number of benzene rings is 1. The van der Waals surface area contributed by atoms with Crippen molar-refractivity contribution in [2.45, 2.75) is 38.8 Å². The van der Waals surface area contributed by atoms with Crippen LogP contribution in [0.25, 0.3) is 0 Å². The summed E-state index contributed by atoms with van der Waals surface area (Å²) < 4.78 is 4.97. The minimum Gasteiger partial charge on any atom is -0.472 e. The Labute approximate surface area is 153 Å². The predicted molar refractivity (Wildman–Crippen MR) is 98.9 cm³/mol. The van der Waals surface area contributed by atoms with Crippen molar-refractivity contribution in [1.29, 1.82) is 0 Å². The Morgan fingerprint density at radius 2 is 1.92 bits per heavy atom. The highest BCUT2D eigenvalue weighted by Gasteiger charge is 2.25. The Morgan fingerprint density at radius 1 is 1.19 bits per heavy atom. The van der Waals surface area contributed by atoms with Crippen LogP contribution in [0.3, 0.4) is 0 Å². The molecule has 0 bridgehead atoms. The van der Waals surface area contributed by atoms with Gasteiger partial charge in [-0.25, -0.2) is 4.79 Å². The van der Waals surface area contributed by atoms with Crippen LogP contribution in [0.2, 0.25) is 0 Å². The van der Waals surface area contributed by atoms with Crippen LogP contribution < -0.4 is 10.6 Å². The van der Waals surface area contributed by atoms with Gasteiger partial charge >= 0.3 is 6.03 Å². The number of carbonyl (C=O) groups excluding carboxylic acids is 2. The number of urea groups is 1. The van der Waals surface area contributed by atoms with Gasteiger partial charge in [0.2, 0.25) is 0 Å². The molecule has 26 heavy (non-hydrogen) atoms. The molecule has 3 amide bonds. The molecule has 1 fully saturated rings. The molecule has 6 heteroatoms. The molecule has 2 heterocycles. The standard InChI is InChI=1S/C20H25N3O3/c1-14-5-3-4-6-18(14)15(2)21-20(25)22-17-7-10-23(11-8-17)19(24)16-9-12-26-13-16/h3-6,9,12-13,15,17H,7-8,10-11H2,1-2H3,(H2,21,22,25). The summed E-state index contributed by atoms with van der Waals surface area (Å²) in [7, 11) is 0. The van der Waals surface area contributed by atoms with Gasteiger partial charge in [-0.1, -0.05) is 24.3 Å². The third kappa shape index (κ3) is 4.25. The monoisotopic (exact) mass is 355 g/mol. The number of piperidine rings is 1. The SMILES string of the molecule is Cc1ccccc1C(C)NC(=O)NC1CCN(C(=O)c2ccoc2)CC1. The van der Waals surface area contributed by atoms with Crippen molar-refractivity contribution in [1.82, 2.24) is 15.5 Å². The number of hydrogen-bond donors (Lipinski definition) is 2. The van der Waals surface area contributed by atoms with E-state index in [0.29, 0.717) is 18.7 Å². The first-order chi connectivity index (χ1) is 12.5. The summed E-state index contributed by atoms with van der Waals surface area (Å²) in [6.45, 7) is 5.27. The molecular formula is C20H25N3O3. The fraction of sp³-hybridized carbons (Fsp3) is 0.400. The number of nitrogens with zero attached hydrogens (tertiary/aromatic N) is 1.